The normalized spacial score (nSPS) is 0. The van der Waals surface area contributed by atoms with Gasteiger partial charge in [0.1, 0.15) is 0 Å². The molecule has 0 nitrogen and oxygen atoms in total. The van der Waals surface area contributed by atoms with Crippen molar-refractivity contribution in [1.29, 1.82) is 0 Å². The molecule has 0 atom stereocenters. The maximum absolute atomic E-state index is 0. The van der Waals surface area contributed by atoms with E-state index in [4.69, 9.17) is 0 Å². The number of halogens is 2. The van der Waals surface area contributed by atoms with Crippen LogP contribution < -0.4 is 0 Å². The van der Waals surface area contributed by atoms with E-state index < -0.39 is 0 Å². The van der Waals surface area contributed by atoms with Crippen molar-refractivity contribution in [3.05, 3.63) is 0 Å². The smallest absolute Gasteiger partial charge is 1.00 e. The van der Waals surface area contributed by atoms with Gasteiger partial charge in [0, 0.05) is 0 Å². The van der Waals surface area contributed by atoms with E-state index in [-0.39, 0.29) is 137 Å². The van der Waals surface area contributed by atoms with Crippen molar-refractivity contribution in [2.24, 2.45) is 0 Å². The molecule has 0 amide bonds. The van der Waals surface area contributed by atoms with Gasteiger partial charge in [0.05, 0.1) is 0 Å². The minimum absolute atomic E-state index is 0. The summed E-state index contributed by atoms with van der Waals surface area (Å²) < 4.78 is 0. The van der Waals surface area contributed by atoms with Crippen LogP contribution in [-0.2, 0) is 0 Å². The molecule has 0 aliphatic rings. The molecule has 0 heterocycles. The van der Waals surface area contributed by atoms with Crippen molar-refractivity contribution in [3.63, 3.8) is 0 Å². The van der Waals surface area contributed by atoms with Crippen molar-refractivity contribution in [3.8, 4) is 0 Å². The van der Waals surface area contributed by atoms with Gasteiger partial charge in [0.25, 0.3) is 0 Å². The Bertz CT molecular complexity index is 14.0. The van der Waals surface area contributed by atoms with Crippen LogP contribution in [0.4, 0.5) is 0 Å². The quantitative estimate of drug-likeness (QED) is 0.428. The van der Waals surface area contributed by atoms with Crippen LogP contribution in [0.1, 0.15) is 5.71 Å². The van der Waals surface area contributed by atoms with Gasteiger partial charge in [0.15, 0.2) is 0 Å². The van der Waals surface area contributed by atoms with Gasteiger partial charge in [0.2, 0.25) is 0 Å². The van der Waals surface area contributed by atoms with Gasteiger partial charge in [-0.1, -0.05) is 0 Å². The monoisotopic (exact) mass is 388 g/mol. The Morgan fingerprint density at radius 2 is 1.00 bits per heavy atom. The molecule has 0 fully saturated rings. The minimum atomic E-state index is 0. The average molecular weight is 388 g/mol. The molecule has 0 aromatic heterocycles. The van der Waals surface area contributed by atoms with Gasteiger partial charge in [-0.3, -0.25) is 0 Å². The summed E-state index contributed by atoms with van der Waals surface area (Å²) in [5.74, 6) is 0. The molecule has 0 unspecified atom stereocenters. The molecule has 0 saturated carbocycles. The van der Waals surface area contributed by atoms with E-state index in [2.05, 4.69) is 0 Å². The molecule has 0 bridgehead atoms. The zero-order chi connectivity index (χ0) is 0. The molecule has 0 rings (SSSR count). The largest absolute Gasteiger partial charge is 2.00 e. The Hall–Kier alpha value is 4.20. The second kappa shape index (κ2) is 15.7. The molecule has 4 heteroatoms. The standard InChI is InChI=1S/Ca.2HI.Sr.4H/h;2*1H;;;;;/q+2;;;+2;4*-1. The van der Waals surface area contributed by atoms with Crippen molar-refractivity contribution in [1.82, 2.24) is 0 Å². The number of rotatable bonds is 0. The average Bonchev–Trinajstić information content (AvgIpc) is 0. The fourth-order valence-corrected chi connectivity index (χ4v) is 0. The molecule has 0 aliphatic heterocycles. The molecule has 0 aromatic carbocycles. The molecule has 0 aliphatic carbocycles. The summed E-state index contributed by atoms with van der Waals surface area (Å²) in [4.78, 5) is 0. The first-order chi connectivity index (χ1) is 0. The Balaban J connectivity index is 0. The van der Waals surface area contributed by atoms with E-state index in [0.29, 0.717) is 0 Å². The van der Waals surface area contributed by atoms with Gasteiger partial charge < -0.3 is 5.71 Å². The zero-order valence-electron chi connectivity index (χ0n) is 6.23. The molecule has 0 aromatic rings. The van der Waals surface area contributed by atoms with Crippen molar-refractivity contribution < 1.29 is 5.71 Å². The zero-order valence-corrected chi connectivity index (χ0v) is 12.6. The third-order valence-corrected chi connectivity index (χ3v) is 0. The summed E-state index contributed by atoms with van der Waals surface area (Å²) in [7, 11) is 0. The van der Waals surface area contributed by atoms with E-state index in [1.54, 1.807) is 0 Å². The summed E-state index contributed by atoms with van der Waals surface area (Å²) >= 11 is 0. The maximum atomic E-state index is 0. The van der Waals surface area contributed by atoms with E-state index in [1.165, 1.54) is 0 Å². The Morgan fingerprint density at radius 1 is 1.00 bits per heavy atom. The molecule has 0 saturated heterocycles. The summed E-state index contributed by atoms with van der Waals surface area (Å²) in [6, 6.07) is 0. The van der Waals surface area contributed by atoms with E-state index in [1.807, 2.05) is 0 Å². The first kappa shape index (κ1) is 24.1. The molecular formula is H6CaI2Sr. The predicted molar refractivity (Wildman–Crippen MR) is 46.8 cm³/mol. The number of hydrogen-bond donors (Lipinski definition) is 0. The van der Waals surface area contributed by atoms with Crippen LogP contribution in [0.2, 0.25) is 0 Å². The predicted octanol–water partition coefficient (Wildman–Crippen LogP) is 0.924. The molecular weight excluding hydrogens is 382 g/mol. The first-order valence-electron chi connectivity index (χ1n) is 0. The third kappa shape index (κ3) is 9.50. The minimum Gasteiger partial charge on any atom is -1.00 e. The van der Waals surface area contributed by atoms with Gasteiger partial charge in [-0.05, 0) is 0 Å². The Labute approximate surface area is 133 Å². The van der Waals surface area contributed by atoms with Crippen LogP contribution in [0, 0.1) is 0 Å². The van der Waals surface area contributed by atoms with E-state index in [9.17, 15) is 0 Å². The Kier molecular flexibility index (Phi) is 94.5. The van der Waals surface area contributed by atoms with Gasteiger partial charge in [-0.2, -0.15) is 0 Å². The van der Waals surface area contributed by atoms with Gasteiger partial charge in [-0.15, -0.1) is 48.0 Å². The Morgan fingerprint density at radius 3 is 1.00 bits per heavy atom. The number of hydrogen-bond acceptors (Lipinski definition) is 0. The van der Waals surface area contributed by atoms with Crippen molar-refractivity contribution in [2.75, 3.05) is 0 Å². The molecule has 4 heavy (non-hydrogen) atoms. The van der Waals surface area contributed by atoms with Crippen molar-refractivity contribution >= 4 is 131 Å². The second-order valence-corrected chi connectivity index (χ2v) is 0. The molecule has 0 spiro atoms. The molecule has 24 valence electrons. The summed E-state index contributed by atoms with van der Waals surface area (Å²) in [6.07, 6.45) is 0. The SMILES string of the molecule is I.I.[Ca+2].[H-].[H-].[H-].[H-].[Sr+2]. The van der Waals surface area contributed by atoms with Crippen LogP contribution in [0.3, 0.4) is 0 Å². The van der Waals surface area contributed by atoms with E-state index >= 15 is 0 Å². The first-order valence-corrected chi connectivity index (χ1v) is 0. The summed E-state index contributed by atoms with van der Waals surface area (Å²) in [6.45, 7) is 0. The van der Waals surface area contributed by atoms with Crippen LogP contribution in [-0.4, -0.2) is 83.2 Å². The summed E-state index contributed by atoms with van der Waals surface area (Å²) in [5.41, 5.74) is 0. The van der Waals surface area contributed by atoms with Crippen molar-refractivity contribution in [2.45, 2.75) is 0 Å². The van der Waals surface area contributed by atoms with E-state index in [0.717, 1.165) is 0 Å². The van der Waals surface area contributed by atoms with Gasteiger partial charge >= 0.3 is 83.2 Å². The van der Waals surface area contributed by atoms with Crippen LogP contribution in [0.15, 0.2) is 0 Å². The molecule has 0 radical (unpaired) electrons. The fraction of sp³-hybridized carbons (Fsp3) is 0. The van der Waals surface area contributed by atoms with Crippen LogP contribution in [0.25, 0.3) is 0 Å². The van der Waals surface area contributed by atoms with Crippen LogP contribution >= 0.6 is 48.0 Å². The molecule has 0 N–H and O–H groups in total. The van der Waals surface area contributed by atoms with Gasteiger partial charge in [-0.25, -0.2) is 0 Å². The third-order valence-electron chi connectivity index (χ3n) is 0. The topological polar surface area (TPSA) is 0 Å². The van der Waals surface area contributed by atoms with Crippen LogP contribution in [0.5, 0.6) is 0 Å². The maximum Gasteiger partial charge on any atom is 2.00 e. The second-order valence-electron chi connectivity index (χ2n) is 0. The summed E-state index contributed by atoms with van der Waals surface area (Å²) in [5, 5.41) is 0. The fourth-order valence-electron chi connectivity index (χ4n) is 0.